The van der Waals surface area contributed by atoms with E-state index in [4.69, 9.17) is 15.9 Å². The molecule has 5 atom stereocenters. The van der Waals surface area contributed by atoms with Gasteiger partial charge in [0.15, 0.2) is 6.04 Å². The largest absolute Gasteiger partial charge is 0.481 e. The molecular formula is C19H34N4O8. The standard InChI is InChI=1S/C19H34N4O8/c1-8(2)13(21-16(27)11(20)6-7-12(25)26)17(28)22-14(9(3)4)18(29)23-15(10(5)24)19(30)31/h8-11,13-15,24H,6-7,20H2,1-5H3,(H,21,27)(H,22,28)(H,23,29)(H,25,26)(H,30,31). The van der Waals surface area contributed by atoms with E-state index >= 15 is 0 Å². The number of hydrogen-bond donors (Lipinski definition) is 7. The van der Waals surface area contributed by atoms with Crippen LogP contribution in [-0.2, 0) is 24.0 Å². The van der Waals surface area contributed by atoms with E-state index in [0.717, 1.165) is 0 Å². The molecule has 0 aliphatic heterocycles. The Morgan fingerprint density at radius 2 is 1.13 bits per heavy atom. The van der Waals surface area contributed by atoms with Gasteiger partial charge in [-0.3, -0.25) is 19.2 Å². The van der Waals surface area contributed by atoms with Crippen molar-refractivity contribution in [3.63, 3.8) is 0 Å². The maximum atomic E-state index is 12.8. The highest BCUT2D eigenvalue weighted by Crippen LogP contribution is 2.08. The van der Waals surface area contributed by atoms with Crippen molar-refractivity contribution in [1.29, 1.82) is 0 Å². The predicted molar refractivity (Wildman–Crippen MR) is 110 cm³/mol. The fourth-order valence-corrected chi connectivity index (χ4v) is 2.62. The van der Waals surface area contributed by atoms with Crippen molar-refractivity contribution >= 4 is 29.7 Å². The van der Waals surface area contributed by atoms with Gasteiger partial charge in [0.25, 0.3) is 0 Å². The third-order valence-corrected chi connectivity index (χ3v) is 4.55. The zero-order valence-corrected chi connectivity index (χ0v) is 18.4. The van der Waals surface area contributed by atoms with E-state index in [0.29, 0.717) is 0 Å². The normalized spacial score (nSPS) is 16.0. The summed E-state index contributed by atoms with van der Waals surface area (Å²) >= 11 is 0. The van der Waals surface area contributed by atoms with Gasteiger partial charge in [0.2, 0.25) is 17.7 Å². The molecule has 0 aromatic heterocycles. The van der Waals surface area contributed by atoms with E-state index in [-0.39, 0.29) is 12.8 Å². The highest BCUT2D eigenvalue weighted by molar-refractivity contribution is 5.94. The van der Waals surface area contributed by atoms with Gasteiger partial charge in [0, 0.05) is 6.42 Å². The molecule has 31 heavy (non-hydrogen) atoms. The Morgan fingerprint density at radius 1 is 0.742 bits per heavy atom. The molecule has 0 aromatic rings. The zero-order valence-electron chi connectivity index (χ0n) is 18.4. The summed E-state index contributed by atoms with van der Waals surface area (Å²) in [6.07, 6.45) is -1.78. The van der Waals surface area contributed by atoms with Gasteiger partial charge in [-0.15, -0.1) is 0 Å². The van der Waals surface area contributed by atoms with Crippen LogP contribution in [-0.4, -0.2) is 75.3 Å². The van der Waals surface area contributed by atoms with Crippen LogP contribution in [0.15, 0.2) is 0 Å². The summed E-state index contributed by atoms with van der Waals surface area (Å²) in [6, 6.07) is -4.88. The first-order chi connectivity index (χ1) is 14.2. The summed E-state index contributed by atoms with van der Waals surface area (Å²) in [5, 5.41) is 34.5. The second kappa shape index (κ2) is 12.8. The van der Waals surface area contributed by atoms with Crippen LogP contribution in [0.4, 0.5) is 0 Å². The van der Waals surface area contributed by atoms with Gasteiger partial charge in [-0.2, -0.15) is 0 Å². The number of hydrogen-bond acceptors (Lipinski definition) is 7. The van der Waals surface area contributed by atoms with Crippen LogP contribution < -0.4 is 21.7 Å². The predicted octanol–water partition coefficient (Wildman–Crippen LogP) is -1.59. The molecule has 0 radical (unpaired) electrons. The van der Waals surface area contributed by atoms with Gasteiger partial charge in [-0.1, -0.05) is 27.7 Å². The average Bonchev–Trinajstić information content (AvgIpc) is 2.64. The maximum Gasteiger partial charge on any atom is 0.328 e. The second-order valence-corrected chi connectivity index (χ2v) is 8.06. The van der Waals surface area contributed by atoms with E-state index in [2.05, 4.69) is 16.0 Å². The van der Waals surface area contributed by atoms with Crippen LogP contribution in [0, 0.1) is 11.8 Å². The monoisotopic (exact) mass is 446 g/mol. The smallest absolute Gasteiger partial charge is 0.328 e. The van der Waals surface area contributed by atoms with Crippen LogP contribution in [0.3, 0.4) is 0 Å². The highest BCUT2D eigenvalue weighted by Gasteiger charge is 2.34. The number of aliphatic hydroxyl groups excluding tert-OH is 1. The number of carbonyl (C=O) groups excluding carboxylic acids is 3. The van der Waals surface area contributed by atoms with Gasteiger partial charge in [-0.25, -0.2) is 4.79 Å². The Labute approximate surface area is 180 Å². The summed E-state index contributed by atoms with van der Waals surface area (Å²) in [4.78, 5) is 59.4. The molecule has 0 aliphatic rings. The van der Waals surface area contributed by atoms with Crippen molar-refractivity contribution in [2.75, 3.05) is 0 Å². The number of rotatable bonds is 13. The summed E-state index contributed by atoms with van der Waals surface area (Å²) < 4.78 is 0. The lowest BCUT2D eigenvalue weighted by molar-refractivity contribution is -0.145. The minimum atomic E-state index is -1.56. The molecule has 8 N–H and O–H groups in total. The van der Waals surface area contributed by atoms with Crippen molar-refractivity contribution in [3.05, 3.63) is 0 Å². The molecule has 0 fully saturated rings. The molecule has 0 bridgehead atoms. The first kappa shape index (κ1) is 28.3. The van der Waals surface area contributed by atoms with Gasteiger partial charge in [0.05, 0.1) is 12.1 Å². The molecule has 0 aliphatic carbocycles. The van der Waals surface area contributed by atoms with E-state index < -0.39 is 71.8 Å². The van der Waals surface area contributed by atoms with Gasteiger partial charge < -0.3 is 37.0 Å². The average molecular weight is 447 g/mol. The van der Waals surface area contributed by atoms with Crippen molar-refractivity contribution in [3.8, 4) is 0 Å². The third kappa shape index (κ3) is 9.75. The molecule has 3 amide bonds. The fraction of sp³-hybridized carbons (Fsp3) is 0.737. The number of nitrogens with two attached hydrogens (primary N) is 1. The van der Waals surface area contributed by atoms with Gasteiger partial charge in [-0.05, 0) is 25.2 Å². The lowest BCUT2D eigenvalue weighted by Gasteiger charge is -2.28. The fourth-order valence-electron chi connectivity index (χ4n) is 2.62. The molecule has 12 heteroatoms. The molecule has 12 nitrogen and oxygen atoms in total. The van der Waals surface area contributed by atoms with Crippen LogP contribution in [0.5, 0.6) is 0 Å². The second-order valence-electron chi connectivity index (χ2n) is 8.06. The molecular weight excluding hydrogens is 412 g/mol. The molecule has 0 rings (SSSR count). The number of amides is 3. The quantitative estimate of drug-likeness (QED) is 0.174. The van der Waals surface area contributed by atoms with Crippen LogP contribution in [0.2, 0.25) is 0 Å². The molecule has 0 heterocycles. The van der Waals surface area contributed by atoms with E-state index in [1.807, 2.05) is 0 Å². The number of carboxylic acids is 2. The van der Waals surface area contributed by atoms with Crippen LogP contribution >= 0.6 is 0 Å². The molecule has 5 unspecified atom stereocenters. The molecule has 0 saturated heterocycles. The van der Waals surface area contributed by atoms with Crippen molar-refractivity contribution in [1.82, 2.24) is 16.0 Å². The van der Waals surface area contributed by atoms with E-state index in [1.165, 1.54) is 6.92 Å². The number of carboxylic acid groups (broad SMARTS) is 2. The minimum absolute atomic E-state index is 0.111. The minimum Gasteiger partial charge on any atom is -0.481 e. The molecule has 0 aromatic carbocycles. The summed E-state index contributed by atoms with van der Waals surface area (Å²) in [6.45, 7) is 7.79. The number of aliphatic carboxylic acids is 2. The highest BCUT2D eigenvalue weighted by atomic mass is 16.4. The van der Waals surface area contributed by atoms with Crippen LogP contribution in [0.25, 0.3) is 0 Å². The Morgan fingerprint density at radius 3 is 1.45 bits per heavy atom. The topological polar surface area (TPSA) is 208 Å². The summed E-state index contributed by atoms with van der Waals surface area (Å²) in [5.74, 6) is -5.57. The van der Waals surface area contributed by atoms with Crippen molar-refractivity contribution in [2.45, 2.75) is 77.7 Å². The van der Waals surface area contributed by atoms with E-state index in [9.17, 15) is 29.1 Å². The van der Waals surface area contributed by atoms with Crippen molar-refractivity contribution in [2.24, 2.45) is 17.6 Å². The summed E-state index contributed by atoms with van der Waals surface area (Å²) in [5.41, 5.74) is 5.67. The number of aliphatic hydroxyl groups is 1. The molecule has 178 valence electrons. The lowest BCUT2D eigenvalue weighted by atomic mass is 9.98. The third-order valence-electron chi connectivity index (χ3n) is 4.55. The van der Waals surface area contributed by atoms with Crippen molar-refractivity contribution < 1.29 is 39.3 Å². The zero-order chi connectivity index (χ0) is 24.5. The SMILES string of the molecule is CC(C)C(NC(=O)C(N)CCC(=O)O)C(=O)NC(C(=O)NC(C(=O)O)C(C)O)C(C)C. The first-order valence-corrected chi connectivity index (χ1v) is 9.98. The maximum absolute atomic E-state index is 12.8. The number of nitrogens with one attached hydrogen (secondary N) is 3. The Kier molecular flexibility index (Phi) is 11.7. The number of carbonyl (C=O) groups is 5. The first-order valence-electron chi connectivity index (χ1n) is 9.98. The van der Waals surface area contributed by atoms with Gasteiger partial charge >= 0.3 is 11.9 Å². The molecule has 0 saturated carbocycles. The Hall–Kier alpha value is -2.73. The summed E-state index contributed by atoms with van der Waals surface area (Å²) in [7, 11) is 0. The van der Waals surface area contributed by atoms with Crippen LogP contribution in [0.1, 0.15) is 47.5 Å². The Bertz CT molecular complexity index is 665. The molecule has 0 spiro atoms. The lowest BCUT2D eigenvalue weighted by Crippen LogP contribution is -2.60. The van der Waals surface area contributed by atoms with Gasteiger partial charge in [0.1, 0.15) is 12.1 Å². The Balaban J connectivity index is 5.31. The van der Waals surface area contributed by atoms with E-state index in [1.54, 1.807) is 27.7 Å².